The lowest BCUT2D eigenvalue weighted by Crippen LogP contribution is -2.43. The third-order valence-corrected chi connectivity index (χ3v) is 4.41. The number of fused-ring (bicyclic) bond motifs is 1. The number of rotatable bonds is 5. The van der Waals surface area contributed by atoms with Crippen molar-refractivity contribution in [3.63, 3.8) is 0 Å². The van der Waals surface area contributed by atoms with Crippen LogP contribution in [0.15, 0.2) is 34.9 Å². The van der Waals surface area contributed by atoms with E-state index in [1.165, 1.54) is 6.92 Å². The molecule has 0 spiro atoms. The molecule has 2 aromatic heterocycles. The van der Waals surface area contributed by atoms with E-state index in [1.807, 2.05) is 45.9 Å². The van der Waals surface area contributed by atoms with Crippen molar-refractivity contribution >= 4 is 22.7 Å². The highest BCUT2D eigenvalue weighted by atomic mass is 16.3. The number of ketones is 1. The monoisotopic (exact) mass is 365 g/mol. The zero-order valence-corrected chi connectivity index (χ0v) is 16.2. The van der Waals surface area contributed by atoms with E-state index in [0.717, 1.165) is 16.6 Å². The number of Topliss-reactive ketones (excluding diaryl/α,β-unsaturated/α-hetero) is 1. The van der Waals surface area contributed by atoms with Crippen LogP contribution in [0.4, 0.5) is 0 Å². The van der Waals surface area contributed by atoms with Gasteiger partial charge in [0.15, 0.2) is 17.4 Å². The zero-order chi connectivity index (χ0) is 19.8. The van der Waals surface area contributed by atoms with Gasteiger partial charge in [-0.15, -0.1) is 0 Å². The Morgan fingerprint density at radius 2 is 1.93 bits per heavy atom. The second-order valence-corrected chi connectivity index (χ2v) is 7.34. The first-order valence-corrected chi connectivity index (χ1v) is 8.81. The molecule has 0 unspecified atom stereocenters. The van der Waals surface area contributed by atoms with E-state index in [4.69, 9.17) is 4.42 Å². The van der Waals surface area contributed by atoms with Crippen molar-refractivity contribution in [2.24, 2.45) is 0 Å². The lowest BCUT2D eigenvalue weighted by atomic mass is 10.0. The van der Waals surface area contributed by atoms with Crippen molar-refractivity contribution in [1.29, 1.82) is 0 Å². The third kappa shape index (κ3) is 3.89. The van der Waals surface area contributed by atoms with Crippen molar-refractivity contribution in [3.8, 4) is 0 Å². The van der Waals surface area contributed by atoms with E-state index in [9.17, 15) is 9.59 Å². The predicted octanol–water partition coefficient (Wildman–Crippen LogP) is 3.64. The fourth-order valence-electron chi connectivity index (χ4n) is 3.08. The first-order valence-electron chi connectivity index (χ1n) is 8.81. The molecule has 0 fully saturated rings. The quantitative estimate of drug-likeness (QED) is 0.698. The summed E-state index contributed by atoms with van der Waals surface area (Å²) >= 11 is 0. The standard InChI is InChI=1S/C21H23N3O3/c1-12-6-7-15-16(19(14(3)25)27-17(15)10-12)11-18(26)24-21(4,5)20-22-9-8-13(2)23-20/h6-10H,11H2,1-5H3,(H,24,26). The van der Waals surface area contributed by atoms with Crippen LogP contribution in [0, 0.1) is 13.8 Å². The molecule has 3 rings (SSSR count). The molecule has 0 aliphatic heterocycles. The van der Waals surface area contributed by atoms with Crippen LogP contribution in [0.1, 0.15) is 54.0 Å². The van der Waals surface area contributed by atoms with Crippen LogP contribution in [0.25, 0.3) is 11.0 Å². The fourth-order valence-corrected chi connectivity index (χ4v) is 3.08. The Bertz CT molecular complexity index is 1030. The SMILES string of the molecule is CC(=O)c1oc2cc(C)ccc2c1CC(=O)NC(C)(C)c1nccc(C)n1. The number of nitrogens with one attached hydrogen (secondary N) is 1. The van der Waals surface area contributed by atoms with Gasteiger partial charge in [-0.3, -0.25) is 9.59 Å². The number of benzene rings is 1. The van der Waals surface area contributed by atoms with Gasteiger partial charge in [0.1, 0.15) is 5.58 Å². The summed E-state index contributed by atoms with van der Waals surface area (Å²) in [6, 6.07) is 7.50. The number of furan rings is 1. The van der Waals surface area contributed by atoms with Crippen LogP contribution in [0.3, 0.4) is 0 Å². The van der Waals surface area contributed by atoms with Gasteiger partial charge in [-0.25, -0.2) is 9.97 Å². The summed E-state index contributed by atoms with van der Waals surface area (Å²) in [5.41, 5.74) is 2.34. The summed E-state index contributed by atoms with van der Waals surface area (Å²) in [6.45, 7) is 8.97. The molecule has 0 saturated heterocycles. The highest BCUT2D eigenvalue weighted by molar-refractivity contribution is 6.01. The first kappa shape index (κ1) is 18.8. The molecule has 0 aliphatic rings. The highest BCUT2D eigenvalue weighted by Crippen LogP contribution is 2.28. The van der Waals surface area contributed by atoms with Crippen LogP contribution in [-0.4, -0.2) is 21.7 Å². The van der Waals surface area contributed by atoms with Crippen molar-refractivity contribution in [2.45, 2.75) is 46.6 Å². The molecule has 3 aromatic rings. The molecule has 1 aromatic carbocycles. The Morgan fingerprint density at radius 3 is 2.59 bits per heavy atom. The van der Waals surface area contributed by atoms with Gasteiger partial charge in [0, 0.05) is 29.8 Å². The molecule has 0 bridgehead atoms. The molecular weight excluding hydrogens is 342 g/mol. The van der Waals surface area contributed by atoms with Gasteiger partial charge in [-0.2, -0.15) is 0 Å². The number of aryl methyl sites for hydroxylation is 2. The number of hydrogen-bond acceptors (Lipinski definition) is 5. The van der Waals surface area contributed by atoms with Gasteiger partial charge >= 0.3 is 0 Å². The van der Waals surface area contributed by atoms with E-state index >= 15 is 0 Å². The van der Waals surface area contributed by atoms with Crippen molar-refractivity contribution < 1.29 is 14.0 Å². The predicted molar refractivity (Wildman–Crippen MR) is 103 cm³/mol. The minimum atomic E-state index is -0.740. The minimum absolute atomic E-state index is 0.0419. The number of hydrogen-bond donors (Lipinski definition) is 1. The molecule has 0 aliphatic carbocycles. The number of amides is 1. The third-order valence-electron chi connectivity index (χ3n) is 4.41. The molecule has 1 amide bonds. The van der Waals surface area contributed by atoms with Crippen LogP contribution >= 0.6 is 0 Å². The van der Waals surface area contributed by atoms with E-state index in [-0.39, 0.29) is 23.9 Å². The topological polar surface area (TPSA) is 85.1 Å². The number of nitrogens with zero attached hydrogens (tertiary/aromatic N) is 2. The molecule has 6 nitrogen and oxygen atoms in total. The van der Waals surface area contributed by atoms with Gasteiger partial charge in [0.25, 0.3) is 0 Å². The van der Waals surface area contributed by atoms with Gasteiger partial charge in [0.2, 0.25) is 5.91 Å². The van der Waals surface area contributed by atoms with E-state index in [2.05, 4.69) is 15.3 Å². The molecule has 6 heteroatoms. The highest BCUT2D eigenvalue weighted by Gasteiger charge is 2.28. The molecule has 140 valence electrons. The van der Waals surface area contributed by atoms with Gasteiger partial charge in [-0.05, 0) is 45.4 Å². The zero-order valence-electron chi connectivity index (χ0n) is 16.2. The lowest BCUT2D eigenvalue weighted by Gasteiger charge is -2.24. The largest absolute Gasteiger partial charge is 0.453 e. The average Bonchev–Trinajstić information content (AvgIpc) is 2.92. The molecule has 2 heterocycles. The van der Waals surface area contributed by atoms with Crippen LogP contribution in [-0.2, 0) is 16.8 Å². The summed E-state index contributed by atoms with van der Waals surface area (Å²) < 4.78 is 5.72. The maximum atomic E-state index is 12.8. The van der Waals surface area contributed by atoms with Gasteiger partial charge < -0.3 is 9.73 Å². The molecule has 0 saturated carbocycles. The Balaban J connectivity index is 1.89. The van der Waals surface area contributed by atoms with Crippen molar-refractivity contribution in [1.82, 2.24) is 15.3 Å². The smallest absolute Gasteiger partial charge is 0.225 e. The molecular formula is C21H23N3O3. The summed E-state index contributed by atoms with van der Waals surface area (Å²) in [7, 11) is 0. The lowest BCUT2D eigenvalue weighted by molar-refractivity contribution is -0.122. The molecule has 1 N–H and O–H groups in total. The van der Waals surface area contributed by atoms with Gasteiger partial charge in [0.05, 0.1) is 12.0 Å². The summed E-state index contributed by atoms with van der Waals surface area (Å²) in [6.07, 6.45) is 1.71. The van der Waals surface area contributed by atoms with Crippen LogP contribution < -0.4 is 5.32 Å². The van der Waals surface area contributed by atoms with Crippen LogP contribution in [0.5, 0.6) is 0 Å². The number of aromatic nitrogens is 2. The average molecular weight is 365 g/mol. The minimum Gasteiger partial charge on any atom is -0.453 e. The van der Waals surface area contributed by atoms with Crippen molar-refractivity contribution in [2.75, 3.05) is 0 Å². The van der Waals surface area contributed by atoms with E-state index in [1.54, 1.807) is 12.3 Å². The maximum absolute atomic E-state index is 12.8. The molecule has 27 heavy (non-hydrogen) atoms. The first-order chi connectivity index (χ1) is 12.7. The Labute approximate surface area is 158 Å². The van der Waals surface area contributed by atoms with Crippen LogP contribution in [0.2, 0.25) is 0 Å². The Kier molecular flexibility index (Phi) is 4.83. The maximum Gasteiger partial charge on any atom is 0.225 e. The second kappa shape index (κ2) is 6.95. The Hall–Kier alpha value is -3.02. The number of carbonyl (C=O) groups is 2. The summed E-state index contributed by atoms with van der Waals surface area (Å²) in [5.74, 6) is 0.342. The Morgan fingerprint density at radius 1 is 1.19 bits per heavy atom. The van der Waals surface area contributed by atoms with Gasteiger partial charge in [-0.1, -0.05) is 12.1 Å². The molecule has 0 radical (unpaired) electrons. The van der Waals surface area contributed by atoms with E-state index < -0.39 is 5.54 Å². The second-order valence-electron chi connectivity index (χ2n) is 7.34. The summed E-state index contributed by atoms with van der Waals surface area (Å²) in [5, 5.41) is 3.75. The molecule has 0 atom stereocenters. The normalized spacial score (nSPS) is 11.6. The number of carbonyl (C=O) groups excluding carboxylic acids is 2. The van der Waals surface area contributed by atoms with Crippen molar-refractivity contribution in [3.05, 3.63) is 58.9 Å². The van der Waals surface area contributed by atoms with E-state index in [0.29, 0.717) is 17.0 Å². The summed E-state index contributed by atoms with van der Waals surface area (Å²) in [4.78, 5) is 33.4. The fraction of sp³-hybridized carbons (Fsp3) is 0.333.